The third-order valence-electron chi connectivity index (χ3n) is 6.92. The van der Waals surface area contributed by atoms with Crippen molar-refractivity contribution in [1.29, 1.82) is 0 Å². The molecule has 0 bridgehead atoms. The smallest absolute Gasteiger partial charge is 0.147 e. The zero-order valence-corrected chi connectivity index (χ0v) is 25.9. The quantitative estimate of drug-likeness (QED) is 0.343. The second-order valence-electron chi connectivity index (χ2n) is 10.0. The van der Waals surface area contributed by atoms with Crippen LogP contribution in [-0.2, 0) is 21.3 Å². The van der Waals surface area contributed by atoms with Crippen LogP contribution in [0, 0.1) is 33.6 Å². The molecule has 2 aromatic carbocycles. The van der Waals surface area contributed by atoms with Crippen molar-refractivity contribution >= 4 is 28.0 Å². The number of hydrogen-bond acceptors (Lipinski definition) is 0. The fourth-order valence-electron chi connectivity index (χ4n) is 5.49. The summed E-state index contributed by atoms with van der Waals surface area (Å²) in [4.78, 5) is 0. The molecule has 3 heteroatoms. The fourth-order valence-corrected chi connectivity index (χ4v) is 15.0. The first-order valence-electron chi connectivity index (χ1n) is 11.8. The number of benzene rings is 2. The van der Waals surface area contributed by atoms with Gasteiger partial charge in [0.15, 0.2) is 0 Å². The molecule has 2 aliphatic rings. The van der Waals surface area contributed by atoms with Crippen LogP contribution in [0.2, 0.25) is 0 Å². The fraction of sp³-hybridized carbons (Fsp3) is 0.323. The van der Waals surface area contributed by atoms with E-state index in [2.05, 4.69) is 110 Å². The van der Waals surface area contributed by atoms with E-state index in [1.54, 1.807) is 9.77 Å². The normalized spacial score (nSPS) is 16.9. The molecule has 0 aliphatic heterocycles. The van der Waals surface area contributed by atoms with Crippen molar-refractivity contribution in [3.63, 3.8) is 0 Å². The van der Waals surface area contributed by atoms with Crippen molar-refractivity contribution in [2.75, 3.05) is 0 Å². The molecule has 0 amide bonds. The minimum absolute atomic E-state index is 0. The van der Waals surface area contributed by atoms with Gasteiger partial charge in [-0.05, 0) is 0 Å². The molecule has 0 fully saturated rings. The molecular formula is C31H38Cl2Zr. The van der Waals surface area contributed by atoms with Crippen LogP contribution in [0.25, 0.3) is 0 Å². The number of hydrogen-bond donors (Lipinski definition) is 0. The first-order valence-corrected chi connectivity index (χ1v) is 15.5. The minimum atomic E-state index is -2.43. The van der Waals surface area contributed by atoms with E-state index in [4.69, 9.17) is 0 Å². The maximum Gasteiger partial charge on any atom is -0.147 e. The van der Waals surface area contributed by atoms with E-state index in [1.165, 1.54) is 50.1 Å². The molecule has 0 heterocycles. The van der Waals surface area contributed by atoms with Gasteiger partial charge in [0.25, 0.3) is 0 Å². The third-order valence-corrected chi connectivity index (χ3v) is 15.3. The van der Waals surface area contributed by atoms with Crippen LogP contribution < -0.4 is 0 Å². The predicted octanol–water partition coefficient (Wildman–Crippen LogP) is 9.05. The number of aryl methyl sites for hydroxylation is 4. The Kier molecular flexibility index (Phi) is 9.92. The van der Waals surface area contributed by atoms with Crippen molar-refractivity contribution in [3.05, 3.63) is 111 Å². The Hall–Kier alpha value is -1.27. The second-order valence-corrected chi connectivity index (χ2v) is 16.0. The van der Waals surface area contributed by atoms with Crippen molar-refractivity contribution < 1.29 is 21.3 Å². The molecule has 1 atom stereocenters. The Morgan fingerprint density at radius 2 is 1.29 bits per heavy atom. The van der Waals surface area contributed by atoms with Gasteiger partial charge in [-0.25, -0.2) is 0 Å². The average molecular weight is 573 g/mol. The number of rotatable bonds is 4. The van der Waals surface area contributed by atoms with Gasteiger partial charge >= 0.3 is 203 Å². The molecule has 34 heavy (non-hydrogen) atoms. The van der Waals surface area contributed by atoms with E-state index in [9.17, 15) is 0 Å². The topological polar surface area (TPSA) is 0 Å². The zero-order valence-electron chi connectivity index (χ0n) is 21.8. The Bertz CT molecular complexity index is 1210. The predicted molar refractivity (Wildman–Crippen MR) is 152 cm³/mol. The second kappa shape index (κ2) is 11.6. The Balaban J connectivity index is 0.00000204. The van der Waals surface area contributed by atoms with Crippen molar-refractivity contribution in [3.8, 4) is 0 Å². The maximum atomic E-state index is 2.54. The summed E-state index contributed by atoms with van der Waals surface area (Å²) in [6, 6.07) is 14.2. The Morgan fingerprint density at radius 3 is 1.68 bits per heavy atom. The summed E-state index contributed by atoms with van der Waals surface area (Å²) < 4.78 is 5.17. The van der Waals surface area contributed by atoms with Gasteiger partial charge < -0.3 is 0 Å². The molecule has 2 aromatic rings. The van der Waals surface area contributed by atoms with E-state index < -0.39 is 21.3 Å². The first kappa shape index (κ1) is 29.0. The van der Waals surface area contributed by atoms with Crippen LogP contribution in [-0.4, -0.2) is 3.21 Å². The van der Waals surface area contributed by atoms with Crippen molar-refractivity contribution in [2.24, 2.45) is 5.92 Å². The summed E-state index contributed by atoms with van der Waals surface area (Å²) in [6.45, 7) is 18.4. The van der Waals surface area contributed by atoms with Gasteiger partial charge in [-0.2, -0.15) is 0 Å². The summed E-state index contributed by atoms with van der Waals surface area (Å²) >= 11 is -2.43. The van der Waals surface area contributed by atoms with Crippen LogP contribution in [0.4, 0.5) is 0 Å². The molecule has 4 rings (SSSR count). The molecule has 0 spiro atoms. The van der Waals surface area contributed by atoms with Crippen LogP contribution >= 0.6 is 24.8 Å². The maximum absolute atomic E-state index is 2.54. The summed E-state index contributed by atoms with van der Waals surface area (Å²) in [5, 5.41) is 0. The van der Waals surface area contributed by atoms with E-state index in [1.807, 2.05) is 0 Å². The van der Waals surface area contributed by atoms with Crippen LogP contribution in [0.1, 0.15) is 67.5 Å². The van der Waals surface area contributed by atoms with Gasteiger partial charge in [-0.3, -0.25) is 0 Å². The Labute approximate surface area is 226 Å². The minimum Gasteiger partial charge on any atom is -0.147 e. The third kappa shape index (κ3) is 5.75. The summed E-state index contributed by atoms with van der Waals surface area (Å²) in [7, 11) is 0. The SMILES string of the molecule is CC1=CC(C)[C]([Zr]([C]2=C(C)C=C(C)C2)=[C](c2ccc(C)cc2C)c2ccc(C)cc2C)=C1.Cl.Cl. The molecule has 0 N–H and O–H groups in total. The van der Waals surface area contributed by atoms with Crippen LogP contribution in [0.3, 0.4) is 0 Å². The zero-order chi connectivity index (χ0) is 23.2. The van der Waals surface area contributed by atoms with Gasteiger partial charge in [-0.1, -0.05) is 0 Å². The van der Waals surface area contributed by atoms with E-state index in [0.29, 0.717) is 5.92 Å². The summed E-state index contributed by atoms with van der Waals surface area (Å²) in [5.74, 6) is 0.539. The van der Waals surface area contributed by atoms with Gasteiger partial charge in [0.05, 0.1) is 0 Å². The van der Waals surface area contributed by atoms with Crippen molar-refractivity contribution in [1.82, 2.24) is 0 Å². The summed E-state index contributed by atoms with van der Waals surface area (Å²) in [6.07, 6.45) is 8.62. The molecule has 180 valence electrons. The molecular weight excluding hydrogens is 534 g/mol. The number of halogens is 2. The molecule has 2 aliphatic carbocycles. The number of allylic oxidation sites excluding steroid dienone is 8. The molecule has 0 radical (unpaired) electrons. The molecule has 1 unspecified atom stereocenters. The van der Waals surface area contributed by atoms with Gasteiger partial charge in [-0.15, -0.1) is 24.8 Å². The largest absolute Gasteiger partial charge is 0.147 e. The standard InChI is InChI=1S/C17H18.2C7H9.2ClH.Zr/c1-12-5-7-16(14(3)9-12)11-17-8-6-13(2)10-15(17)4;2*1-6-3-4-7(2)5-6;;;/h5-10H,1-4H3;5H,3H2,1-2H3;3,5,7H,1-2H3;2*1H;. The molecule has 0 saturated heterocycles. The van der Waals surface area contributed by atoms with Crippen LogP contribution in [0.5, 0.6) is 0 Å². The monoisotopic (exact) mass is 570 g/mol. The van der Waals surface area contributed by atoms with E-state index in [-0.39, 0.29) is 24.8 Å². The first-order chi connectivity index (χ1) is 15.2. The van der Waals surface area contributed by atoms with Crippen molar-refractivity contribution in [2.45, 2.75) is 61.8 Å². The van der Waals surface area contributed by atoms with E-state index >= 15 is 0 Å². The van der Waals surface area contributed by atoms with Gasteiger partial charge in [0.1, 0.15) is 0 Å². The molecule has 0 saturated carbocycles. The van der Waals surface area contributed by atoms with Gasteiger partial charge in [0.2, 0.25) is 0 Å². The molecule has 0 aromatic heterocycles. The average Bonchev–Trinajstić information content (AvgIpc) is 3.21. The summed E-state index contributed by atoms with van der Waals surface area (Å²) in [5.41, 5.74) is 12.9. The van der Waals surface area contributed by atoms with E-state index in [0.717, 1.165) is 6.42 Å². The Morgan fingerprint density at radius 1 is 0.765 bits per heavy atom. The van der Waals surface area contributed by atoms with Crippen LogP contribution in [0.15, 0.2) is 77.9 Å². The van der Waals surface area contributed by atoms with Gasteiger partial charge in [0, 0.05) is 0 Å². The molecule has 0 nitrogen and oxygen atoms in total.